The molecule has 1 atom stereocenters. The minimum atomic E-state index is -0.777. The Balaban J connectivity index is 4.31. The first kappa shape index (κ1) is 71.6. The van der Waals surface area contributed by atoms with E-state index in [-0.39, 0.29) is 31.1 Å². The summed E-state index contributed by atoms with van der Waals surface area (Å²) in [4.78, 5) is 38.3. The lowest BCUT2D eigenvalue weighted by molar-refractivity contribution is -0.167. The highest BCUT2D eigenvalue weighted by Crippen LogP contribution is 2.17. The second kappa shape index (κ2) is 63.2. The van der Waals surface area contributed by atoms with Crippen LogP contribution in [0.3, 0.4) is 0 Å². The first-order valence-electron chi connectivity index (χ1n) is 33.0. The van der Waals surface area contributed by atoms with Gasteiger partial charge < -0.3 is 14.2 Å². The Kier molecular flexibility index (Phi) is 61.1. The third kappa shape index (κ3) is 60.5. The van der Waals surface area contributed by atoms with Crippen molar-refractivity contribution in [2.75, 3.05) is 13.2 Å². The van der Waals surface area contributed by atoms with Gasteiger partial charge in [-0.3, -0.25) is 14.4 Å². The number of hydrogen-bond donors (Lipinski definition) is 0. The summed E-state index contributed by atoms with van der Waals surface area (Å²) in [6.07, 6.45) is 77.2. The number of rotatable bonds is 61. The molecule has 0 amide bonds. The van der Waals surface area contributed by atoms with Crippen LogP contribution in [0, 0.1) is 0 Å². The Morgan fingerprint density at radius 2 is 0.446 bits per heavy atom. The molecule has 1 unspecified atom stereocenters. The zero-order chi connectivity index (χ0) is 53.6. The number of esters is 3. The summed E-state index contributed by atoms with van der Waals surface area (Å²) in [6.45, 7) is 6.68. The third-order valence-corrected chi connectivity index (χ3v) is 14.8. The van der Waals surface area contributed by atoms with E-state index < -0.39 is 6.10 Å². The Morgan fingerprint density at radius 3 is 0.676 bits per heavy atom. The number of unbranched alkanes of at least 4 members (excludes halogenated alkanes) is 44. The number of carbonyl (C=O) groups excluding carboxylic acids is 3. The fraction of sp³-hybridized carbons (Fsp3) is 0.868. The van der Waals surface area contributed by atoms with Crippen LogP contribution < -0.4 is 0 Å². The Labute approximate surface area is 461 Å². The highest BCUT2D eigenvalue weighted by atomic mass is 16.6. The van der Waals surface area contributed by atoms with Crippen molar-refractivity contribution >= 4 is 17.9 Å². The summed E-state index contributed by atoms with van der Waals surface area (Å²) in [6, 6.07) is 0. The Hall–Kier alpha value is -2.37. The van der Waals surface area contributed by atoms with Gasteiger partial charge >= 0.3 is 17.9 Å². The molecule has 6 heteroatoms. The van der Waals surface area contributed by atoms with Crippen LogP contribution in [0.4, 0.5) is 0 Å². The average molecular weight is 1040 g/mol. The topological polar surface area (TPSA) is 78.9 Å². The van der Waals surface area contributed by atoms with Crippen LogP contribution in [0.15, 0.2) is 36.5 Å². The van der Waals surface area contributed by atoms with Crippen molar-refractivity contribution in [3.63, 3.8) is 0 Å². The van der Waals surface area contributed by atoms with Crippen LogP contribution in [0.5, 0.6) is 0 Å². The minimum absolute atomic E-state index is 0.0738. The zero-order valence-corrected chi connectivity index (χ0v) is 49.9. The van der Waals surface area contributed by atoms with Gasteiger partial charge in [0.2, 0.25) is 0 Å². The van der Waals surface area contributed by atoms with Crippen molar-refractivity contribution in [1.29, 1.82) is 0 Å². The molecule has 0 radical (unpaired) electrons. The summed E-state index contributed by atoms with van der Waals surface area (Å²) in [5, 5.41) is 0. The molecule has 0 spiro atoms. The number of hydrogen-bond acceptors (Lipinski definition) is 6. The molecule has 6 nitrogen and oxygen atoms in total. The van der Waals surface area contributed by atoms with Gasteiger partial charge in [-0.15, -0.1) is 0 Å². The average Bonchev–Trinajstić information content (AvgIpc) is 3.40. The van der Waals surface area contributed by atoms with Gasteiger partial charge in [0.05, 0.1) is 0 Å². The van der Waals surface area contributed by atoms with Gasteiger partial charge in [0.1, 0.15) is 13.2 Å². The van der Waals surface area contributed by atoms with Crippen molar-refractivity contribution in [1.82, 2.24) is 0 Å². The molecule has 0 saturated heterocycles. The van der Waals surface area contributed by atoms with E-state index >= 15 is 0 Å². The van der Waals surface area contributed by atoms with Gasteiger partial charge in [-0.2, -0.15) is 0 Å². The molecule has 0 bridgehead atoms. The molecule has 0 aliphatic carbocycles. The van der Waals surface area contributed by atoms with Crippen LogP contribution in [0.2, 0.25) is 0 Å². The maximum Gasteiger partial charge on any atom is 0.306 e. The van der Waals surface area contributed by atoms with E-state index in [9.17, 15) is 14.4 Å². The van der Waals surface area contributed by atoms with E-state index in [2.05, 4.69) is 57.2 Å². The van der Waals surface area contributed by atoms with Crippen LogP contribution in [0.1, 0.15) is 361 Å². The number of carbonyl (C=O) groups is 3. The molecule has 434 valence electrons. The molecule has 0 aromatic carbocycles. The third-order valence-electron chi connectivity index (χ3n) is 14.8. The summed E-state index contributed by atoms with van der Waals surface area (Å²) in [5.41, 5.74) is 0. The van der Waals surface area contributed by atoms with Crippen molar-refractivity contribution in [2.45, 2.75) is 367 Å². The molecule has 0 rings (SSSR count). The SMILES string of the molecule is CCCCCCCC/C=C\CCCCCCCCCC(=O)OC(COC(=O)CCCCCCC/C=C\CCCCCCCCC)COC(=O)CCCCCCCCCCCCC/C=C\CCCCCCCCCC. The fourth-order valence-corrected chi connectivity index (χ4v) is 9.84. The first-order valence-corrected chi connectivity index (χ1v) is 33.0. The van der Waals surface area contributed by atoms with E-state index in [0.717, 1.165) is 64.2 Å². The lowest BCUT2D eigenvalue weighted by atomic mass is 10.0. The van der Waals surface area contributed by atoms with E-state index in [1.54, 1.807) is 0 Å². The molecule has 0 heterocycles. The number of allylic oxidation sites excluding steroid dienone is 6. The van der Waals surface area contributed by atoms with Gasteiger partial charge in [-0.25, -0.2) is 0 Å². The van der Waals surface area contributed by atoms with Crippen LogP contribution >= 0.6 is 0 Å². The van der Waals surface area contributed by atoms with Crippen molar-refractivity contribution < 1.29 is 28.6 Å². The van der Waals surface area contributed by atoms with E-state index in [1.807, 2.05) is 0 Å². The zero-order valence-electron chi connectivity index (χ0n) is 49.9. The minimum Gasteiger partial charge on any atom is -0.462 e. The van der Waals surface area contributed by atoms with Gasteiger partial charge in [-0.1, -0.05) is 282 Å². The highest BCUT2D eigenvalue weighted by molar-refractivity contribution is 5.71. The molecular formula is C68H126O6. The molecule has 0 saturated carbocycles. The van der Waals surface area contributed by atoms with Crippen LogP contribution in [-0.4, -0.2) is 37.2 Å². The largest absolute Gasteiger partial charge is 0.462 e. The quantitative estimate of drug-likeness (QED) is 0.0261. The molecule has 0 fully saturated rings. The van der Waals surface area contributed by atoms with Gasteiger partial charge in [-0.05, 0) is 96.3 Å². The maximum absolute atomic E-state index is 12.9. The van der Waals surface area contributed by atoms with E-state index in [0.29, 0.717) is 19.3 Å². The molecule has 0 aromatic heterocycles. The predicted octanol–water partition coefficient (Wildman–Crippen LogP) is 22.4. The fourth-order valence-electron chi connectivity index (χ4n) is 9.84. The van der Waals surface area contributed by atoms with Crippen molar-refractivity contribution in [3.8, 4) is 0 Å². The van der Waals surface area contributed by atoms with Crippen molar-refractivity contribution in [2.24, 2.45) is 0 Å². The summed E-state index contributed by atoms with van der Waals surface area (Å²) < 4.78 is 17.0. The normalized spacial score (nSPS) is 12.2. The molecule has 0 aromatic rings. The molecule has 0 N–H and O–H groups in total. The smallest absolute Gasteiger partial charge is 0.306 e. The lowest BCUT2D eigenvalue weighted by Gasteiger charge is -2.18. The van der Waals surface area contributed by atoms with Gasteiger partial charge in [0.15, 0.2) is 6.10 Å². The summed E-state index contributed by atoms with van der Waals surface area (Å²) in [7, 11) is 0. The van der Waals surface area contributed by atoms with Gasteiger partial charge in [0.25, 0.3) is 0 Å². The first-order chi connectivity index (χ1) is 36.5. The monoisotopic (exact) mass is 1040 g/mol. The van der Waals surface area contributed by atoms with Crippen molar-refractivity contribution in [3.05, 3.63) is 36.5 Å². The van der Waals surface area contributed by atoms with E-state index in [4.69, 9.17) is 14.2 Å². The summed E-state index contributed by atoms with van der Waals surface area (Å²) in [5.74, 6) is -0.864. The second-order valence-electron chi connectivity index (χ2n) is 22.4. The maximum atomic E-state index is 12.9. The van der Waals surface area contributed by atoms with Crippen LogP contribution in [-0.2, 0) is 28.6 Å². The molecule has 74 heavy (non-hydrogen) atoms. The molecular weight excluding hydrogens is 913 g/mol. The summed E-state index contributed by atoms with van der Waals surface area (Å²) >= 11 is 0. The lowest BCUT2D eigenvalue weighted by Crippen LogP contribution is -2.30. The standard InChI is InChI=1S/C68H126O6/c1-4-7-10-13-16-19-22-25-28-31-32-33-34-35-36-38-40-43-46-49-52-55-58-61-67(70)73-64-65(63-72-66(69)60-57-54-51-48-45-42-39-30-27-24-21-18-15-12-9-6-3)74-68(71)62-59-56-53-50-47-44-41-37-29-26-23-20-17-14-11-8-5-2/h26,29-32,39,65H,4-25,27-28,33-38,40-64H2,1-3H3/b29-26-,32-31-,39-30-. The number of ether oxygens (including phenoxy) is 3. The highest BCUT2D eigenvalue weighted by Gasteiger charge is 2.19. The predicted molar refractivity (Wildman–Crippen MR) is 321 cm³/mol. The molecule has 0 aliphatic heterocycles. The Bertz CT molecular complexity index is 1240. The van der Waals surface area contributed by atoms with Gasteiger partial charge in [0, 0.05) is 19.3 Å². The molecule has 0 aliphatic rings. The Morgan fingerprint density at radius 1 is 0.257 bits per heavy atom. The second-order valence-corrected chi connectivity index (χ2v) is 22.4. The van der Waals surface area contributed by atoms with Crippen LogP contribution in [0.25, 0.3) is 0 Å². The van der Waals surface area contributed by atoms with E-state index in [1.165, 1.54) is 257 Å².